The summed E-state index contributed by atoms with van der Waals surface area (Å²) in [7, 11) is 0. The molecule has 2 bridgehead atoms. The van der Waals surface area contributed by atoms with Crippen LogP contribution in [0.2, 0.25) is 20.1 Å². The number of ether oxygens (including phenoxy) is 1. The van der Waals surface area contributed by atoms with Gasteiger partial charge in [-0.15, -0.1) is 0 Å². The Balaban J connectivity index is 1.60. The summed E-state index contributed by atoms with van der Waals surface area (Å²) in [5.41, 5.74) is 0. The summed E-state index contributed by atoms with van der Waals surface area (Å²) in [6.07, 6.45) is 0.914. The van der Waals surface area contributed by atoms with Crippen molar-refractivity contribution >= 4 is 90.1 Å². The monoisotopic (exact) mass is 747 g/mol. The first-order valence-corrected chi connectivity index (χ1v) is 21.2. The molecule has 4 atom stereocenters. The molecule has 4 aromatic rings. The molecule has 0 radical (unpaired) electrons. The molecule has 0 saturated carbocycles. The molecule has 2 amide bonds. The molecule has 7 rings (SSSR count). The van der Waals surface area contributed by atoms with Gasteiger partial charge in [-0.3, -0.25) is 0 Å². The number of carbonyl (C=O) groups is 2. The second-order valence-corrected chi connectivity index (χ2v) is 24.9. The number of hydrogen-bond donors (Lipinski definition) is 0. The first kappa shape index (κ1) is 28.7. The van der Waals surface area contributed by atoms with Crippen molar-refractivity contribution < 1.29 is 17.4 Å². The van der Waals surface area contributed by atoms with Gasteiger partial charge in [0.05, 0.1) is 0 Å². The van der Waals surface area contributed by atoms with Gasteiger partial charge in [-0.2, -0.15) is 0 Å². The Bertz CT molecular complexity index is 1480. The minimum absolute atomic E-state index is 0.290. The van der Waals surface area contributed by atoms with Gasteiger partial charge in [0.2, 0.25) is 0 Å². The van der Waals surface area contributed by atoms with E-state index in [4.69, 9.17) is 54.3 Å². The minimum atomic E-state index is -5.75. The van der Waals surface area contributed by atoms with Gasteiger partial charge in [0.15, 0.2) is 0 Å². The van der Waals surface area contributed by atoms with Crippen molar-refractivity contribution in [3.05, 3.63) is 117 Å². The van der Waals surface area contributed by atoms with E-state index >= 15 is 0 Å². The van der Waals surface area contributed by atoms with Crippen LogP contribution in [0.25, 0.3) is 0 Å². The number of hydroxylamine groups is 2. The summed E-state index contributed by atoms with van der Waals surface area (Å²) in [5, 5.41) is 3.19. The molecule has 10 heteroatoms. The average Bonchev–Trinajstić information content (AvgIpc) is 3.68. The molecule has 0 N–H and O–H groups in total. The quantitative estimate of drug-likeness (QED) is 0.201. The molecule has 3 heterocycles. The van der Waals surface area contributed by atoms with Crippen LogP contribution >= 0.6 is 46.4 Å². The molecule has 3 fully saturated rings. The molecule has 42 heavy (non-hydrogen) atoms. The van der Waals surface area contributed by atoms with Crippen molar-refractivity contribution in [2.45, 2.75) is 25.0 Å². The SMILES string of the molecule is O=C1C2C(C(=O)N1[O][Sb]([c]1ccc(Cl)cc1)([c]1ccc(Cl)cc1)([c]1ccc(Cl)cc1)[c]1ccc(Cl)cc1)[C@H]1CC[C@@H]2O1. The van der Waals surface area contributed by atoms with Crippen molar-refractivity contribution in [3.8, 4) is 0 Å². The maximum absolute atomic E-state index is 14.2. The summed E-state index contributed by atoms with van der Waals surface area (Å²) < 4.78 is 16.5. The molecule has 0 aromatic heterocycles. The van der Waals surface area contributed by atoms with E-state index in [1.807, 2.05) is 48.5 Å². The summed E-state index contributed by atoms with van der Waals surface area (Å²) in [6, 6.07) is 29.7. The number of halogens is 4. The zero-order chi connectivity index (χ0) is 29.2. The Hall–Kier alpha value is -2.08. The molecule has 0 spiro atoms. The third kappa shape index (κ3) is 4.05. The zero-order valence-corrected chi connectivity index (χ0v) is 27.6. The van der Waals surface area contributed by atoms with Crippen LogP contribution in [0.5, 0.6) is 0 Å². The standard InChI is InChI=1S/C8H8NO4.4C6H4Cl.Sb/c10-7-5-3-1-2-4(13-3)6(5)8(11)9(7)12;4*7-6-4-2-1-3-5-6;/h3-6H,1-2H2;4*2-5H;/q-1;;;;;+1/t3-,4+,5?,6?;;;;;. The second kappa shape index (κ2) is 10.5. The Kier molecular flexibility index (Phi) is 7.19. The van der Waals surface area contributed by atoms with E-state index in [-0.39, 0.29) is 24.0 Å². The van der Waals surface area contributed by atoms with E-state index < -0.39 is 29.7 Å². The molecule has 214 valence electrons. The number of imide groups is 1. The van der Waals surface area contributed by atoms with Crippen LogP contribution in [0.15, 0.2) is 97.1 Å². The maximum atomic E-state index is 14.2. The first-order chi connectivity index (χ1) is 20.2. The van der Waals surface area contributed by atoms with E-state index in [1.165, 1.54) is 0 Å². The van der Waals surface area contributed by atoms with Crippen LogP contribution in [0.3, 0.4) is 0 Å². The number of nitrogens with zero attached hydrogens (tertiary/aromatic N) is 1. The summed E-state index contributed by atoms with van der Waals surface area (Å²) in [6.45, 7) is 0. The molecule has 3 aliphatic rings. The molecule has 0 aliphatic carbocycles. The Labute approximate surface area is 264 Å². The van der Waals surface area contributed by atoms with Crippen LogP contribution in [-0.2, 0) is 17.4 Å². The zero-order valence-electron chi connectivity index (χ0n) is 22.0. The van der Waals surface area contributed by atoms with Gasteiger partial charge in [-0.1, -0.05) is 0 Å². The average molecular weight is 750 g/mol. The number of carbonyl (C=O) groups excluding carboxylic acids is 2. The molecular formula is C32H24Cl4NO4Sb. The molecule has 3 saturated heterocycles. The Morgan fingerprint density at radius 1 is 0.548 bits per heavy atom. The second-order valence-electron chi connectivity index (χ2n) is 10.8. The topological polar surface area (TPSA) is 55.8 Å². The summed E-state index contributed by atoms with van der Waals surface area (Å²) in [5.74, 6) is -1.88. The van der Waals surface area contributed by atoms with Crippen LogP contribution in [-0.4, -0.2) is 46.9 Å². The van der Waals surface area contributed by atoms with Gasteiger partial charge in [-0.25, -0.2) is 0 Å². The predicted molar refractivity (Wildman–Crippen MR) is 168 cm³/mol. The predicted octanol–water partition coefficient (Wildman–Crippen LogP) is 5.22. The van der Waals surface area contributed by atoms with Gasteiger partial charge in [0.1, 0.15) is 0 Å². The van der Waals surface area contributed by atoms with Crippen molar-refractivity contribution in [1.82, 2.24) is 5.06 Å². The van der Waals surface area contributed by atoms with Gasteiger partial charge in [-0.05, 0) is 0 Å². The van der Waals surface area contributed by atoms with Crippen LogP contribution in [0.1, 0.15) is 12.8 Å². The van der Waals surface area contributed by atoms with Crippen LogP contribution in [0.4, 0.5) is 0 Å². The number of hydrogen-bond acceptors (Lipinski definition) is 4. The normalized spacial score (nSPS) is 24.1. The number of benzene rings is 4. The number of fused-ring (bicyclic) bond motifs is 5. The van der Waals surface area contributed by atoms with Crippen molar-refractivity contribution in [2.24, 2.45) is 11.8 Å². The number of amides is 2. The van der Waals surface area contributed by atoms with Crippen molar-refractivity contribution in [3.63, 3.8) is 0 Å². The molecule has 2 unspecified atom stereocenters. The van der Waals surface area contributed by atoms with Crippen LogP contribution < -0.4 is 14.0 Å². The molecule has 4 aromatic carbocycles. The summed E-state index contributed by atoms with van der Waals surface area (Å²) >= 11 is 19.9. The molecule has 5 nitrogen and oxygen atoms in total. The Morgan fingerprint density at radius 2 is 0.833 bits per heavy atom. The van der Waals surface area contributed by atoms with Crippen molar-refractivity contribution in [2.75, 3.05) is 0 Å². The fourth-order valence-electron chi connectivity index (χ4n) is 6.91. The van der Waals surface area contributed by atoms with E-state index in [1.54, 1.807) is 48.5 Å². The molecule has 3 aliphatic heterocycles. The third-order valence-electron chi connectivity index (χ3n) is 8.77. The van der Waals surface area contributed by atoms with E-state index in [9.17, 15) is 9.59 Å². The van der Waals surface area contributed by atoms with Crippen LogP contribution in [0, 0.1) is 11.8 Å². The van der Waals surface area contributed by atoms with Gasteiger partial charge in [0.25, 0.3) is 0 Å². The fourth-order valence-corrected chi connectivity index (χ4v) is 23.2. The van der Waals surface area contributed by atoms with Gasteiger partial charge in [0, 0.05) is 0 Å². The first-order valence-electron chi connectivity index (χ1n) is 13.5. The van der Waals surface area contributed by atoms with E-state index in [0.717, 1.165) is 31.9 Å². The van der Waals surface area contributed by atoms with Gasteiger partial charge >= 0.3 is 267 Å². The number of rotatable bonds is 6. The van der Waals surface area contributed by atoms with Crippen molar-refractivity contribution in [1.29, 1.82) is 0 Å². The van der Waals surface area contributed by atoms with E-state index in [0.29, 0.717) is 20.1 Å². The summed E-state index contributed by atoms with van der Waals surface area (Å²) in [4.78, 5) is 28.4. The molecular weight excluding hydrogens is 726 g/mol. The fraction of sp³-hybridized carbons (Fsp3) is 0.188. The van der Waals surface area contributed by atoms with E-state index in [2.05, 4.69) is 0 Å². The Morgan fingerprint density at radius 3 is 1.12 bits per heavy atom. The van der Waals surface area contributed by atoms with Gasteiger partial charge < -0.3 is 0 Å². The third-order valence-corrected chi connectivity index (χ3v) is 25.8.